The number of aromatic nitrogens is 6. The lowest BCUT2D eigenvalue weighted by Crippen LogP contribution is -2.52. The van der Waals surface area contributed by atoms with Crippen molar-refractivity contribution >= 4 is 46.2 Å². The zero-order valence-electron chi connectivity index (χ0n) is 39.0. The predicted octanol–water partition coefficient (Wildman–Crippen LogP) is 8.27. The smallest absolute Gasteiger partial charge is 0.407 e. The number of halogens is 1. The van der Waals surface area contributed by atoms with E-state index in [-0.39, 0.29) is 41.8 Å². The number of aryl methyl sites for hydroxylation is 1. The highest BCUT2D eigenvalue weighted by Crippen LogP contribution is 2.54. The number of imidazole rings is 2. The van der Waals surface area contributed by atoms with E-state index < -0.39 is 36.3 Å². The van der Waals surface area contributed by atoms with Crippen LogP contribution in [0, 0.1) is 23.6 Å². The van der Waals surface area contributed by atoms with Crippen molar-refractivity contribution in [3.05, 3.63) is 82.3 Å². The molecule has 3 fully saturated rings. The molecule has 4 N–H and O–H groups in total. The fourth-order valence-corrected chi connectivity index (χ4v) is 11.1. The van der Waals surface area contributed by atoms with E-state index in [4.69, 9.17) is 24.2 Å². The van der Waals surface area contributed by atoms with Crippen LogP contribution in [-0.4, -0.2) is 102 Å². The summed E-state index contributed by atoms with van der Waals surface area (Å²) < 4.78 is 35.3. The summed E-state index contributed by atoms with van der Waals surface area (Å²) in [5.41, 5.74) is 4.54. The van der Waals surface area contributed by atoms with Gasteiger partial charge in [0.2, 0.25) is 18.0 Å². The number of amides is 4. The molecule has 3 aliphatic heterocycles. The van der Waals surface area contributed by atoms with E-state index in [1.54, 1.807) is 28.6 Å². The first-order valence-electron chi connectivity index (χ1n) is 23.3. The Balaban J connectivity index is 0.961. The summed E-state index contributed by atoms with van der Waals surface area (Å²) in [6.45, 7) is 10.1. The molecule has 7 heterocycles. The minimum Gasteiger partial charge on any atom is -0.464 e. The highest BCUT2D eigenvalue weighted by Gasteiger charge is 2.56. The number of nitrogens with one attached hydrogen (secondary N) is 4. The summed E-state index contributed by atoms with van der Waals surface area (Å²) in [5, 5.41) is 7.24. The second-order valence-electron chi connectivity index (χ2n) is 18.8. The van der Waals surface area contributed by atoms with Crippen molar-refractivity contribution in [1.29, 1.82) is 0 Å². The number of rotatable bonds is 12. The van der Waals surface area contributed by atoms with Gasteiger partial charge in [-0.25, -0.2) is 28.9 Å². The molecule has 0 spiro atoms. The van der Waals surface area contributed by atoms with Gasteiger partial charge in [0, 0.05) is 35.3 Å². The molecule has 17 nitrogen and oxygen atoms in total. The third-order valence-electron chi connectivity index (χ3n) is 13.9. The third-order valence-corrected chi connectivity index (χ3v) is 15.0. The van der Waals surface area contributed by atoms with Crippen molar-refractivity contribution in [1.82, 2.24) is 49.9 Å². The molecule has 4 amide bonds. The first-order valence-corrected chi connectivity index (χ1v) is 24.1. The summed E-state index contributed by atoms with van der Waals surface area (Å²) in [6.07, 6.45) is 7.19. The Morgan fingerprint density at radius 2 is 1.53 bits per heavy atom. The molecule has 5 unspecified atom stereocenters. The molecule has 6 aromatic rings. The zero-order valence-corrected chi connectivity index (χ0v) is 39.8. The lowest BCUT2D eigenvalue weighted by molar-refractivity contribution is -0.137. The second kappa shape index (κ2) is 17.7. The molecule has 356 valence electrons. The number of hydrogen-bond donors (Lipinski definition) is 4. The van der Waals surface area contributed by atoms with Crippen LogP contribution in [0.5, 0.6) is 5.75 Å². The van der Waals surface area contributed by atoms with E-state index in [9.17, 15) is 19.2 Å². The molecule has 10 rings (SSSR count). The molecule has 1 aliphatic carbocycles. The predicted molar refractivity (Wildman–Crippen MR) is 251 cm³/mol. The van der Waals surface area contributed by atoms with E-state index >= 15 is 4.39 Å². The largest absolute Gasteiger partial charge is 0.464 e. The average molecular weight is 947 g/mol. The normalized spacial score (nSPS) is 21.3. The molecule has 7 atom stereocenters. The number of carbonyl (C=O) groups excluding carboxylic acids is 4. The van der Waals surface area contributed by atoms with Crippen LogP contribution < -0.4 is 15.4 Å². The minimum atomic E-state index is -0.773. The number of thiazole rings is 1. The zero-order chi connectivity index (χ0) is 47.7. The maximum Gasteiger partial charge on any atom is 0.407 e. The van der Waals surface area contributed by atoms with Crippen molar-refractivity contribution in [3.63, 3.8) is 0 Å². The maximum absolute atomic E-state index is 16.9. The topological polar surface area (TPSA) is 202 Å². The fraction of sp³-hybridized carbons (Fsp3) is 0.449. The number of hydrogen-bond acceptors (Lipinski definition) is 11. The summed E-state index contributed by atoms with van der Waals surface area (Å²) >= 11 is 1.55. The Kier molecular flexibility index (Phi) is 11.7. The summed E-state index contributed by atoms with van der Waals surface area (Å²) in [7, 11) is 2.55. The molecule has 68 heavy (non-hydrogen) atoms. The van der Waals surface area contributed by atoms with Crippen LogP contribution in [0.2, 0.25) is 0 Å². The van der Waals surface area contributed by atoms with Crippen molar-refractivity contribution in [2.24, 2.45) is 17.8 Å². The number of ether oxygens (including phenoxy) is 3. The van der Waals surface area contributed by atoms with Crippen molar-refractivity contribution < 1.29 is 37.8 Å². The number of alkyl carbamates (subject to hydrolysis) is 2. The number of likely N-dealkylation sites (tertiary alicyclic amines) is 2. The Hall–Kier alpha value is -6.76. The maximum atomic E-state index is 16.9. The number of piperidine rings is 1. The van der Waals surface area contributed by atoms with Gasteiger partial charge in [-0.15, -0.1) is 11.3 Å². The molecule has 19 heteroatoms. The highest BCUT2D eigenvalue weighted by atomic mass is 32.1. The van der Waals surface area contributed by atoms with Crippen molar-refractivity contribution in [2.75, 3.05) is 20.8 Å². The van der Waals surface area contributed by atoms with E-state index in [1.165, 1.54) is 20.3 Å². The van der Waals surface area contributed by atoms with Crippen LogP contribution in [0.1, 0.15) is 100 Å². The number of fused-ring (bicyclic) bond motifs is 6. The Labute approximate surface area is 396 Å². The van der Waals surface area contributed by atoms with Gasteiger partial charge in [0.1, 0.15) is 35.3 Å². The molecule has 2 aromatic carbocycles. The first kappa shape index (κ1) is 45.0. The number of benzene rings is 2. The molecule has 2 saturated heterocycles. The number of carbonyl (C=O) groups is 4. The fourth-order valence-electron chi connectivity index (χ4n) is 10.3. The standard InChI is InChI=1S/C49H55FN10O7S/c1-8-39-51-22-38(68-39)47-60-32-12-11-25(30-20-53-44(54-30)36-18-28-16-34(28)59(36)46(62)42(24(4)5)57-49(64)66-7)14-27(32)17-35(60)40-29(50)15-26(19-37(40)67-47)31-21-52-43(55-31)33-10-9-13-58(33)45(61)41(23(2)3)56-48(63)65-6/h11-12,14-15,17,19-24,28,33-34,36,41-42,47H,8-10,13,16,18H2,1-7H3,(H,52,55)(H,53,54)(H,56,63)(H,57,64)/t28?,33?,34?,36-,41-,42?,47?/m0/s1. The van der Waals surface area contributed by atoms with Gasteiger partial charge in [-0.1, -0.05) is 40.7 Å². The van der Waals surface area contributed by atoms with E-state index in [2.05, 4.69) is 32.5 Å². The highest BCUT2D eigenvalue weighted by molar-refractivity contribution is 7.11. The van der Waals surface area contributed by atoms with Crippen molar-refractivity contribution in [3.8, 4) is 39.5 Å². The SMILES string of the molecule is CCc1ncc(C2Oc3cc(-c4cnc(C5CCCN5C(=O)[C@@H](NC(=O)OC)C(C)C)[nH]4)cc(F)c3-c3cc4cc(-c5cnc([C@@H]6CC7CC7N6C(=O)C(NC(=O)OC)C(C)C)[nH]5)ccc4n32)s1. The third kappa shape index (κ3) is 7.92. The van der Waals surface area contributed by atoms with E-state index in [0.29, 0.717) is 58.8 Å². The van der Waals surface area contributed by atoms with Gasteiger partial charge >= 0.3 is 12.2 Å². The molecule has 1 saturated carbocycles. The van der Waals surface area contributed by atoms with Gasteiger partial charge in [0.25, 0.3) is 0 Å². The monoisotopic (exact) mass is 946 g/mol. The van der Waals surface area contributed by atoms with Gasteiger partial charge in [0.05, 0.1) is 76.7 Å². The van der Waals surface area contributed by atoms with E-state index in [0.717, 1.165) is 57.7 Å². The minimum absolute atomic E-state index is 0.103. The molecule has 0 radical (unpaired) electrons. The number of nitrogens with zero attached hydrogens (tertiary/aromatic N) is 6. The lowest BCUT2D eigenvalue weighted by Gasteiger charge is -2.31. The number of aromatic amines is 2. The number of methoxy groups -OCH3 is 2. The van der Waals surface area contributed by atoms with Gasteiger partial charge in [-0.2, -0.15) is 0 Å². The molecule has 4 aliphatic rings. The van der Waals surface area contributed by atoms with Crippen LogP contribution in [-0.2, 0) is 25.5 Å². The van der Waals surface area contributed by atoms with Crippen LogP contribution in [0.25, 0.3) is 44.7 Å². The first-order chi connectivity index (χ1) is 32.8. The Morgan fingerprint density at radius 3 is 2.19 bits per heavy atom. The van der Waals surface area contributed by atoms with Crippen LogP contribution in [0.4, 0.5) is 14.0 Å². The number of H-pyrrole nitrogens is 2. The lowest BCUT2D eigenvalue weighted by atomic mass is 10.0. The summed E-state index contributed by atoms with van der Waals surface area (Å²) in [6, 6.07) is 9.31. The molecular formula is C49H55FN10O7S. The van der Waals surface area contributed by atoms with Crippen molar-refractivity contribution in [2.45, 2.75) is 103 Å². The Morgan fingerprint density at radius 1 is 0.853 bits per heavy atom. The van der Waals surface area contributed by atoms with Gasteiger partial charge in [-0.05, 0) is 80.2 Å². The van der Waals surface area contributed by atoms with E-state index in [1.807, 2.05) is 73.7 Å². The van der Waals surface area contributed by atoms with Crippen LogP contribution in [0.15, 0.2) is 55.0 Å². The van der Waals surface area contributed by atoms with Crippen LogP contribution >= 0.6 is 11.3 Å². The second-order valence-corrected chi connectivity index (χ2v) is 20.0. The Bertz CT molecular complexity index is 2940. The molecular weight excluding hydrogens is 892 g/mol. The van der Waals surface area contributed by atoms with Crippen LogP contribution in [0.3, 0.4) is 0 Å². The van der Waals surface area contributed by atoms with Gasteiger partial charge < -0.3 is 44.6 Å². The molecule has 4 aromatic heterocycles. The quantitative estimate of drug-likeness (QED) is 0.0925. The van der Waals surface area contributed by atoms with Gasteiger partial charge in [-0.3, -0.25) is 14.2 Å². The van der Waals surface area contributed by atoms with Gasteiger partial charge in [0.15, 0.2) is 0 Å². The molecule has 0 bridgehead atoms. The summed E-state index contributed by atoms with van der Waals surface area (Å²) in [4.78, 5) is 77.7. The summed E-state index contributed by atoms with van der Waals surface area (Å²) in [5.74, 6) is 0.829. The average Bonchev–Trinajstić information content (AvgIpc) is 4.09.